The number of carbonyl (C=O) groups excluding carboxylic acids is 3. The first-order valence-electron chi connectivity index (χ1n) is 12.3. The first kappa shape index (κ1) is 28.1. The van der Waals surface area contributed by atoms with Crippen molar-refractivity contribution >= 4 is 23.7 Å². The Balaban J connectivity index is 1.38. The van der Waals surface area contributed by atoms with Gasteiger partial charge in [0.05, 0.1) is 6.04 Å². The topological polar surface area (TPSA) is 146 Å². The average Bonchev–Trinajstić information content (AvgIpc) is 2.94. The molecule has 3 amide bonds. The highest BCUT2D eigenvalue weighted by atomic mass is 16.5. The molecule has 9 heteroatoms. The highest BCUT2D eigenvalue weighted by Gasteiger charge is 2.20. The third-order valence-electron chi connectivity index (χ3n) is 5.82. The molecule has 2 atom stereocenters. The van der Waals surface area contributed by atoms with Gasteiger partial charge in [0.2, 0.25) is 11.8 Å². The maximum Gasteiger partial charge on any atom is 0.413 e. The zero-order valence-electron chi connectivity index (χ0n) is 21.3. The van der Waals surface area contributed by atoms with Crippen LogP contribution in [0, 0.1) is 5.41 Å². The molecular formula is C29H33N5O4. The van der Waals surface area contributed by atoms with E-state index in [-0.39, 0.29) is 30.8 Å². The number of aryl methyl sites for hydroxylation is 1. The minimum atomic E-state index is -0.746. The Labute approximate surface area is 222 Å². The number of amidine groups is 1. The number of nitrogens with two attached hydrogens (primary N) is 1. The molecule has 198 valence electrons. The largest absolute Gasteiger partial charge is 0.444 e. The van der Waals surface area contributed by atoms with E-state index < -0.39 is 18.2 Å². The van der Waals surface area contributed by atoms with Crippen molar-refractivity contribution in [3.8, 4) is 0 Å². The molecule has 6 N–H and O–H groups in total. The van der Waals surface area contributed by atoms with Gasteiger partial charge in [-0.2, -0.15) is 0 Å². The van der Waals surface area contributed by atoms with Crippen LogP contribution in [-0.2, 0) is 33.9 Å². The Morgan fingerprint density at radius 1 is 0.842 bits per heavy atom. The van der Waals surface area contributed by atoms with Gasteiger partial charge in [0.1, 0.15) is 18.5 Å². The Hall–Kier alpha value is -4.50. The Morgan fingerprint density at radius 2 is 1.45 bits per heavy atom. The molecule has 0 saturated heterocycles. The zero-order valence-corrected chi connectivity index (χ0v) is 21.3. The zero-order chi connectivity index (χ0) is 27.3. The molecule has 0 unspecified atom stereocenters. The molecule has 9 nitrogen and oxygen atoms in total. The van der Waals surface area contributed by atoms with Gasteiger partial charge < -0.3 is 21.1 Å². The summed E-state index contributed by atoms with van der Waals surface area (Å²) in [5, 5.41) is 15.9. The number of benzene rings is 3. The van der Waals surface area contributed by atoms with Crippen molar-refractivity contribution in [2.45, 2.75) is 45.0 Å². The molecule has 0 bridgehead atoms. The van der Waals surface area contributed by atoms with Crippen molar-refractivity contribution in [3.05, 3.63) is 107 Å². The van der Waals surface area contributed by atoms with Gasteiger partial charge in [0.15, 0.2) is 0 Å². The summed E-state index contributed by atoms with van der Waals surface area (Å²) in [5.74, 6) is -0.812. The van der Waals surface area contributed by atoms with Crippen LogP contribution in [0.1, 0.15) is 35.6 Å². The minimum absolute atomic E-state index is 0.0985. The lowest BCUT2D eigenvalue weighted by Crippen LogP contribution is -2.50. The normalized spacial score (nSPS) is 12.1. The van der Waals surface area contributed by atoms with Crippen LogP contribution in [-0.4, -0.2) is 35.8 Å². The number of nitrogens with one attached hydrogen (secondary N) is 4. The van der Waals surface area contributed by atoms with Gasteiger partial charge in [0, 0.05) is 12.1 Å². The third kappa shape index (κ3) is 9.18. The molecule has 3 aromatic carbocycles. The molecule has 0 aliphatic carbocycles. The molecule has 38 heavy (non-hydrogen) atoms. The van der Waals surface area contributed by atoms with Crippen LogP contribution < -0.4 is 21.7 Å². The second kappa shape index (κ2) is 14.3. The molecule has 0 aliphatic rings. The molecule has 3 rings (SSSR count). The van der Waals surface area contributed by atoms with Crippen LogP contribution >= 0.6 is 0 Å². The van der Waals surface area contributed by atoms with E-state index in [2.05, 4.69) is 16.0 Å². The fraction of sp³-hybridized carbons (Fsp3) is 0.241. The van der Waals surface area contributed by atoms with Crippen molar-refractivity contribution in [1.82, 2.24) is 16.0 Å². The summed E-state index contributed by atoms with van der Waals surface area (Å²) in [5.41, 5.74) is 9.22. The number of rotatable bonds is 11. The summed E-state index contributed by atoms with van der Waals surface area (Å²) < 4.78 is 5.13. The first-order valence-corrected chi connectivity index (χ1v) is 12.3. The van der Waals surface area contributed by atoms with Gasteiger partial charge in [-0.25, -0.2) is 4.79 Å². The van der Waals surface area contributed by atoms with E-state index in [1.807, 2.05) is 60.7 Å². The minimum Gasteiger partial charge on any atom is -0.444 e. The fourth-order valence-corrected chi connectivity index (χ4v) is 3.55. The molecule has 0 aliphatic heterocycles. The second-order valence-electron chi connectivity index (χ2n) is 8.84. The lowest BCUT2D eigenvalue weighted by Gasteiger charge is -2.17. The van der Waals surface area contributed by atoms with E-state index in [1.165, 1.54) is 0 Å². The smallest absolute Gasteiger partial charge is 0.413 e. The van der Waals surface area contributed by atoms with E-state index in [4.69, 9.17) is 15.9 Å². The predicted octanol–water partition coefficient (Wildman–Crippen LogP) is 3.02. The van der Waals surface area contributed by atoms with Crippen molar-refractivity contribution in [1.29, 1.82) is 5.41 Å². The number of hydrogen-bond donors (Lipinski definition) is 5. The third-order valence-corrected chi connectivity index (χ3v) is 5.82. The Bertz CT molecular complexity index is 1220. The first-order chi connectivity index (χ1) is 18.3. The van der Waals surface area contributed by atoms with Gasteiger partial charge in [0.25, 0.3) is 0 Å². The Morgan fingerprint density at radius 3 is 2.08 bits per heavy atom. The van der Waals surface area contributed by atoms with Crippen LogP contribution in [0.2, 0.25) is 0 Å². The van der Waals surface area contributed by atoms with Crippen LogP contribution in [0.3, 0.4) is 0 Å². The summed E-state index contributed by atoms with van der Waals surface area (Å²) in [6.45, 7) is 1.94. The number of hydrogen-bond acceptors (Lipinski definition) is 6. The maximum atomic E-state index is 12.5. The standard InChI is InChI=1S/C29H33N5O4/c1-20(33-28(36)25(30)17-14-21-8-4-2-5-9-21)27(35)32-18-22-12-15-24(16-13-22)26(31)34-29(37)38-19-23-10-6-3-7-11-23/h2-13,15-16,20,25H,14,17-19,30H2,1H3,(H,32,35)(H,33,36)(H2,31,34,37)/t20-,25+/m0/s1. The molecule has 0 fully saturated rings. The molecular weight excluding hydrogens is 482 g/mol. The molecule has 0 aromatic heterocycles. The quantitative estimate of drug-likeness (QED) is 0.197. The van der Waals surface area contributed by atoms with Gasteiger partial charge in [-0.1, -0.05) is 84.9 Å². The van der Waals surface area contributed by atoms with Gasteiger partial charge in [-0.3, -0.25) is 20.3 Å². The fourth-order valence-electron chi connectivity index (χ4n) is 3.55. The van der Waals surface area contributed by atoms with E-state index in [0.717, 1.165) is 16.7 Å². The molecule has 0 spiro atoms. The predicted molar refractivity (Wildman–Crippen MR) is 145 cm³/mol. The van der Waals surface area contributed by atoms with Crippen molar-refractivity contribution in [2.24, 2.45) is 5.73 Å². The second-order valence-corrected chi connectivity index (χ2v) is 8.84. The Kier molecular flexibility index (Phi) is 10.6. The van der Waals surface area contributed by atoms with E-state index >= 15 is 0 Å². The summed E-state index contributed by atoms with van der Waals surface area (Å²) in [6, 6.07) is 24.4. The molecule has 0 heterocycles. The molecule has 0 saturated carbocycles. The number of ether oxygens (including phenoxy) is 1. The van der Waals surface area contributed by atoms with Crippen molar-refractivity contribution in [3.63, 3.8) is 0 Å². The SMILES string of the molecule is C[C@H](NC(=O)[C@H](N)CCc1ccccc1)C(=O)NCc1ccc(C(=N)NC(=O)OCc2ccccc2)cc1. The lowest BCUT2D eigenvalue weighted by atomic mass is 10.1. The summed E-state index contributed by atoms with van der Waals surface area (Å²) in [6.07, 6.45) is 0.435. The highest BCUT2D eigenvalue weighted by molar-refractivity contribution is 6.04. The molecule has 3 aromatic rings. The van der Waals surface area contributed by atoms with E-state index in [0.29, 0.717) is 18.4 Å². The van der Waals surface area contributed by atoms with Crippen LogP contribution in [0.4, 0.5) is 4.79 Å². The summed E-state index contributed by atoms with van der Waals surface area (Å²) in [4.78, 5) is 36.8. The number of carbonyl (C=O) groups is 3. The number of alkyl carbamates (subject to hydrolysis) is 1. The van der Waals surface area contributed by atoms with E-state index in [1.54, 1.807) is 31.2 Å². The van der Waals surface area contributed by atoms with Crippen LogP contribution in [0.25, 0.3) is 0 Å². The van der Waals surface area contributed by atoms with Gasteiger partial charge in [-0.15, -0.1) is 0 Å². The van der Waals surface area contributed by atoms with Crippen LogP contribution in [0.5, 0.6) is 0 Å². The van der Waals surface area contributed by atoms with Gasteiger partial charge in [-0.05, 0) is 36.5 Å². The average molecular weight is 516 g/mol. The van der Waals surface area contributed by atoms with E-state index in [9.17, 15) is 14.4 Å². The molecule has 0 radical (unpaired) electrons. The summed E-state index contributed by atoms with van der Waals surface area (Å²) in [7, 11) is 0. The monoisotopic (exact) mass is 515 g/mol. The van der Waals surface area contributed by atoms with Crippen molar-refractivity contribution in [2.75, 3.05) is 0 Å². The highest BCUT2D eigenvalue weighted by Crippen LogP contribution is 2.07. The van der Waals surface area contributed by atoms with Crippen molar-refractivity contribution < 1.29 is 19.1 Å². The number of amides is 3. The lowest BCUT2D eigenvalue weighted by molar-refractivity contribution is -0.129. The van der Waals surface area contributed by atoms with Gasteiger partial charge >= 0.3 is 6.09 Å². The maximum absolute atomic E-state index is 12.5. The summed E-state index contributed by atoms with van der Waals surface area (Å²) >= 11 is 0. The van der Waals surface area contributed by atoms with Crippen LogP contribution in [0.15, 0.2) is 84.9 Å².